The fourth-order valence-electron chi connectivity index (χ4n) is 2.80. The maximum absolute atomic E-state index is 12.3. The Bertz CT molecular complexity index is 421. The van der Waals surface area contributed by atoms with Crippen LogP contribution in [0, 0.1) is 0 Å². The summed E-state index contributed by atoms with van der Waals surface area (Å²) in [5.41, 5.74) is 0.826. The highest BCUT2D eigenvalue weighted by atomic mass is 16.2. The van der Waals surface area contributed by atoms with Crippen molar-refractivity contribution in [1.29, 1.82) is 0 Å². The number of allylic oxidation sites excluding steroid dienone is 2. The van der Waals surface area contributed by atoms with Crippen LogP contribution in [0.3, 0.4) is 0 Å². The predicted molar refractivity (Wildman–Crippen MR) is 67.8 cm³/mol. The van der Waals surface area contributed by atoms with Gasteiger partial charge in [0, 0.05) is 5.56 Å². The summed E-state index contributed by atoms with van der Waals surface area (Å²) in [6.45, 7) is 0. The first-order chi connectivity index (χ1) is 8.38. The van der Waals surface area contributed by atoms with E-state index in [1.54, 1.807) is 0 Å². The zero-order valence-corrected chi connectivity index (χ0v) is 9.88. The summed E-state index contributed by atoms with van der Waals surface area (Å²) in [5, 5.41) is 0. The van der Waals surface area contributed by atoms with Crippen LogP contribution >= 0.6 is 0 Å². The number of carbonyl (C=O) groups is 1. The van der Waals surface area contributed by atoms with Gasteiger partial charge in [-0.2, -0.15) is 0 Å². The maximum atomic E-state index is 12.3. The van der Waals surface area contributed by atoms with Gasteiger partial charge in [-0.1, -0.05) is 30.4 Å². The van der Waals surface area contributed by atoms with Crippen LogP contribution in [0.1, 0.15) is 36.0 Å². The molecule has 17 heavy (non-hydrogen) atoms. The lowest BCUT2D eigenvalue weighted by Gasteiger charge is -2.04. The molecule has 1 saturated heterocycles. The van der Waals surface area contributed by atoms with E-state index in [0.29, 0.717) is 12.1 Å². The smallest absolute Gasteiger partial charge is 0.254 e. The lowest BCUT2D eigenvalue weighted by molar-refractivity contribution is 0.0863. The minimum absolute atomic E-state index is 0.211. The second kappa shape index (κ2) is 4.36. The first kappa shape index (κ1) is 10.6. The predicted octanol–water partition coefficient (Wildman–Crippen LogP) is 3.01. The fraction of sp³-hybridized carbons (Fsp3) is 0.400. The number of nitrogens with zero attached hydrogens (tertiary/aromatic N) is 1. The molecule has 1 amide bonds. The highest BCUT2D eigenvalue weighted by Gasteiger charge is 2.49. The van der Waals surface area contributed by atoms with Gasteiger partial charge in [-0.05, 0) is 37.8 Å². The first-order valence-electron chi connectivity index (χ1n) is 6.40. The molecule has 2 nitrogen and oxygen atoms in total. The molecule has 0 aromatic heterocycles. The molecule has 1 aliphatic carbocycles. The molecular formula is C15H17NO. The van der Waals surface area contributed by atoms with Gasteiger partial charge in [-0.15, -0.1) is 0 Å². The summed E-state index contributed by atoms with van der Waals surface area (Å²) < 4.78 is 0. The van der Waals surface area contributed by atoms with Gasteiger partial charge in [-0.25, -0.2) is 0 Å². The van der Waals surface area contributed by atoms with Crippen molar-refractivity contribution in [2.75, 3.05) is 0 Å². The van der Waals surface area contributed by atoms with E-state index in [0.717, 1.165) is 31.2 Å². The molecule has 1 heterocycles. The van der Waals surface area contributed by atoms with Crippen molar-refractivity contribution in [3.05, 3.63) is 48.0 Å². The minimum atomic E-state index is 0.211. The van der Waals surface area contributed by atoms with Crippen LogP contribution in [-0.2, 0) is 0 Å². The van der Waals surface area contributed by atoms with E-state index in [4.69, 9.17) is 0 Å². The van der Waals surface area contributed by atoms with E-state index in [2.05, 4.69) is 17.1 Å². The molecule has 0 N–H and O–H groups in total. The van der Waals surface area contributed by atoms with Crippen LogP contribution in [0.2, 0.25) is 0 Å². The number of amides is 1. The number of rotatable bonds is 1. The average Bonchev–Trinajstić information content (AvgIpc) is 3.01. The Kier molecular flexibility index (Phi) is 2.71. The Morgan fingerprint density at radius 3 is 2.18 bits per heavy atom. The van der Waals surface area contributed by atoms with Gasteiger partial charge in [0.05, 0.1) is 12.1 Å². The van der Waals surface area contributed by atoms with Gasteiger partial charge in [0.1, 0.15) is 0 Å². The third kappa shape index (κ3) is 1.99. The summed E-state index contributed by atoms with van der Waals surface area (Å²) in [7, 11) is 0. The van der Waals surface area contributed by atoms with Crippen LogP contribution < -0.4 is 0 Å². The van der Waals surface area contributed by atoms with E-state index in [1.807, 2.05) is 30.3 Å². The van der Waals surface area contributed by atoms with E-state index in [9.17, 15) is 4.79 Å². The molecule has 2 aliphatic rings. The quantitative estimate of drug-likeness (QED) is 0.533. The van der Waals surface area contributed by atoms with Crippen LogP contribution in [-0.4, -0.2) is 22.9 Å². The number of benzene rings is 1. The normalized spacial score (nSPS) is 28.8. The zero-order valence-electron chi connectivity index (χ0n) is 9.88. The molecule has 1 aromatic carbocycles. The standard InChI is InChI=1S/C15H17NO/c17-15(12-8-4-3-5-9-12)16-13-10-6-1-2-7-11-14(13)16/h1-5,8-9,13-14H,6-7,10-11H2/b2-1-/t13-,14+,16?. The minimum Gasteiger partial charge on any atom is -0.329 e. The number of fused-ring (bicyclic) bond motifs is 1. The second-order valence-corrected chi connectivity index (χ2v) is 4.84. The van der Waals surface area contributed by atoms with E-state index in [-0.39, 0.29) is 5.91 Å². The largest absolute Gasteiger partial charge is 0.329 e. The van der Waals surface area contributed by atoms with Gasteiger partial charge >= 0.3 is 0 Å². The molecule has 1 fully saturated rings. The van der Waals surface area contributed by atoms with Gasteiger partial charge in [0.25, 0.3) is 5.91 Å². The molecule has 0 unspecified atom stereocenters. The van der Waals surface area contributed by atoms with E-state index < -0.39 is 0 Å². The third-order valence-electron chi connectivity index (χ3n) is 3.75. The third-order valence-corrected chi connectivity index (χ3v) is 3.75. The number of hydrogen-bond donors (Lipinski definition) is 0. The van der Waals surface area contributed by atoms with Crippen molar-refractivity contribution in [2.24, 2.45) is 0 Å². The molecule has 1 aromatic rings. The van der Waals surface area contributed by atoms with Crippen molar-refractivity contribution < 1.29 is 4.79 Å². The average molecular weight is 227 g/mol. The molecule has 2 heteroatoms. The first-order valence-corrected chi connectivity index (χ1v) is 6.40. The Morgan fingerprint density at radius 1 is 1.00 bits per heavy atom. The van der Waals surface area contributed by atoms with Gasteiger partial charge < -0.3 is 4.90 Å². The second-order valence-electron chi connectivity index (χ2n) is 4.84. The Hall–Kier alpha value is -1.57. The van der Waals surface area contributed by atoms with Gasteiger partial charge in [0.15, 0.2) is 0 Å². The summed E-state index contributed by atoms with van der Waals surface area (Å²) in [5.74, 6) is 0.211. The number of carbonyl (C=O) groups excluding carboxylic acids is 1. The monoisotopic (exact) mass is 227 g/mol. The van der Waals surface area contributed by atoms with Gasteiger partial charge in [0.2, 0.25) is 0 Å². The fourth-order valence-corrected chi connectivity index (χ4v) is 2.80. The van der Waals surface area contributed by atoms with Crippen molar-refractivity contribution in [3.8, 4) is 0 Å². The van der Waals surface area contributed by atoms with Crippen LogP contribution in [0.5, 0.6) is 0 Å². The Balaban J connectivity index is 1.73. The van der Waals surface area contributed by atoms with E-state index >= 15 is 0 Å². The molecule has 0 bridgehead atoms. The molecular weight excluding hydrogens is 210 g/mol. The Morgan fingerprint density at radius 2 is 1.59 bits per heavy atom. The van der Waals surface area contributed by atoms with Crippen molar-refractivity contribution >= 4 is 5.91 Å². The summed E-state index contributed by atoms with van der Waals surface area (Å²) in [4.78, 5) is 14.4. The lowest BCUT2D eigenvalue weighted by Crippen LogP contribution is -2.14. The lowest BCUT2D eigenvalue weighted by atomic mass is 10.1. The molecule has 0 spiro atoms. The van der Waals surface area contributed by atoms with Crippen LogP contribution in [0.25, 0.3) is 0 Å². The van der Waals surface area contributed by atoms with Crippen LogP contribution in [0.15, 0.2) is 42.5 Å². The van der Waals surface area contributed by atoms with Gasteiger partial charge in [-0.3, -0.25) is 4.79 Å². The molecule has 0 saturated carbocycles. The Labute approximate surface area is 102 Å². The summed E-state index contributed by atoms with van der Waals surface area (Å²) in [6, 6.07) is 10.6. The summed E-state index contributed by atoms with van der Waals surface area (Å²) >= 11 is 0. The molecule has 88 valence electrons. The number of hydrogen-bond acceptors (Lipinski definition) is 1. The van der Waals surface area contributed by atoms with Crippen molar-refractivity contribution in [2.45, 2.75) is 37.8 Å². The van der Waals surface area contributed by atoms with Crippen molar-refractivity contribution in [1.82, 2.24) is 4.90 Å². The summed E-state index contributed by atoms with van der Waals surface area (Å²) in [6.07, 6.45) is 8.97. The van der Waals surface area contributed by atoms with E-state index in [1.165, 1.54) is 0 Å². The topological polar surface area (TPSA) is 20.1 Å². The molecule has 3 rings (SSSR count). The maximum Gasteiger partial charge on any atom is 0.254 e. The molecule has 0 radical (unpaired) electrons. The highest BCUT2D eigenvalue weighted by Crippen LogP contribution is 2.38. The SMILES string of the molecule is O=C(c1ccccc1)N1[C@@H]2CC/C=C\CC[C@@H]21. The van der Waals surface area contributed by atoms with Crippen molar-refractivity contribution in [3.63, 3.8) is 0 Å². The molecule has 2 atom stereocenters. The highest BCUT2D eigenvalue weighted by molar-refractivity contribution is 5.96. The molecule has 1 aliphatic heterocycles. The zero-order chi connectivity index (χ0) is 11.7. The van der Waals surface area contributed by atoms with Crippen LogP contribution in [0.4, 0.5) is 0 Å².